The van der Waals surface area contributed by atoms with E-state index in [9.17, 15) is 0 Å². The molecule has 148 valence electrons. The lowest BCUT2D eigenvalue weighted by atomic mass is 9.98. The lowest BCUT2D eigenvalue weighted by Crippen LogP contribution is -2.02. The number of nitrogens with one attached hydrogen (secondary N) is 1. The molecule has 0 spiro atoms. The Morgan fingerprint density at radius 3 is 2.38 bits per heavy atom. The van der Waals surface area contributed by atoms with Crippen molar-refractivity contribution in [1.82, 2.24) is 5.32 Å². The first-order valence-electron chi connectivity index (χ1n) is 9.65. The summed E-state index contributed by atoms with van der Waals surface area (Å²) in [6, 6.07) is 24.1. The smallest absolute Gasteiger partial charge is 0.128 e. The average molecular weight is 386 g/mol. The Balaban J connectivity index is 1.78. The molecule has 3 rings (SSSR count). The summed E-state index contributed by atoms with van der Waals surface area (Å²) in [5.41, 5.74) is 5.12. The van der Waals surface area contributed by atoms with E-state index in [1.165, 1.54) is 5.56 Å². The molecule has 0 atom stereocenters. The van der Waals surface area contributed by atoms with Crippen molar-refractivity contribution in [3.05, 3.63) is 103 Å². The normalized spacial score (nSPS) is 10.3. The Labute approximate surface area is 173 Å². The third-order valence-corrected chi connectivity index (χ3v) is 4.83. The average Bonchev–Trinajstić information content (AvgIpc) is 2.77. The van der Waals surface area contributed by atoms with Gasteiger partial charge < -0.3 is 14.8 Å². The van der Waals surface area contributed by atoms with Crippen LogP contribution in [-0.2, 0) is 6.42 Å². The van der Waals surface area contributed by atoms with Gasteiger partial charge in [-0.25, -0.2) is 0 Å². The van der Waals surface area contributed by atoms with Crippen LogP contribution < -0.4 is 14.8 Å². The summed E-state index contributed by atoms with van der Waals surface area (Å²) in [5.74, 6) is 2.30. The van der Waals surface area contributed by atoms with Crippen molar-refractivity contribution < 1.29 is 9.47 Å². The minimum atomic E-state index is 0.744. The molecule has 3 nitrogen and oxygen atoms in total. The molecule has 3 aromatic carbocycles. The Kier molecular flexibility index (Phi) is 6.75. The van der Waals surface area contributed by atoms with Gasteiger partial charge in [0.05, 0.1) is 7.11 Å². The highest BCUT2D eigenvalue weighted by Crippen LogP contribution is 2.33. The van der Waals surface area contributed by atoms with Crippen LogP contribution in [0.5, 0.6) is 17.2 Å². The molecule has 0 aliphatic heterocycles. The predicted molar refractivity (Wildman–Crippen MR) is 121 cm³/mol. The summed E-state index contributed by atoms with van der Waals surface area (Å²) in [6.07, 6.45) is 1.78. The number of benzene rings is 3. The van der Waals surface area contributed by atoms with Crippen molar-refractivity contribution in [2.45, 2.75) is 12.8 Å². The van der Waals surface area contributed by atoms with E-state index in [0.29, 0.717) is 0 Å². The second kappa shape index (κ2) is 9.65. The van der Waals surface area contributed by atoms with Gasteiger partial charge in [0.2, 0.25) is 0 Å². The fourth-order valence-electron chi connectivity index (χ4n) is 3.13. The van der Waals surface area contributed by atoms with Crippen molar-refractivity contribution in [2.24, 2.45) is 0 Å². The SMILES string of the molecule is C=C(NC)c1cccc(Oc2ccc(OC)c(C(=C)CCc3ccccc3)c2)c1. The van der Waals surface area contributed by atoms with E-state index in [1.807, 2.05) is 55.6 Å². The van der Waals surface area contributed by atoms with Crippen LogP contribution in [0.1, 0.15) is 23.1 Å². The summed E-state index contributed by atoms with van der Waals surface area (Å²) in [4.78, 5) is 0. The molecule has 0 aliphatic carbocycles. The van der Waals surface area contributed by atoms with E-state index < -0.39 is 0 Å². The molecule has 0 bridgehead atoms. The number of methoxy groups -OCH3 is 1. The summed E-state index contributed by atoms with van der Waals surface area (Å²) < 4.78 is 11.7. The molecule has 0 aliphatic rings. The maximum atomic E-state index is 6.10. The van der Waals surface area contributed by atoms with Crippen LogP contribution >= 0.6 is 0 Å². The number of hydrogen-bond donors (Lipinski definition) is 1. The van der Waals surface area contributed by atoms with Gasteiger partial charge in [-0.15, -0.1) is 0 Å². The van der Waals surface area contributed by atoms with Crippen LogP contribution in [0, 0.1) is 0 Å². The first-order valence-corrected chi connectivity index (χ1v) is 9.65. The number of allylic oxidation sites excluding steroid dienone is 1. The van der Waals surface area contributed by atoms with Crippen LogP contribution in [0.3, 0.4) is 0 Å². The summed E-state index contributed by atoms with van der Waals surface area (Å²) >= 11 is 0. The van der Waals surface area contributed by atoms with Gasteiger partial charge in [-0.1, -0.05) is 55.6 Å². The third kappa shape index (κ3) is 5.29. The molecule has 0 saturated carbocycles. The molecule has 29 heavy (non-hydrogen) atoms. The molecule has 0 aromatic heterocycles. The van der Waals surface area contributed by atoms with E-state index in [1.54, 1.807) is 7.11 Å². The highest BCUT2D eigenvalue weighted by Gasteiger charge is 2.10. The van der Waals surface area contributed by atoms with Crippen LogP contribution in [0.4, 0.5) is 0 Å². The molecule has 0 fully saturated rings. The van der Waals surface area contributed by atoms with Gasteiger partial charge >= 0.3 is 0 Å². The van der Waals surface area contributed by atoms with Gasteiger partial charge in [0.25, 0.3) is 0 Å². The van der Waals surface area contributed by atoms with E-state index in [0.717, 1.165) is 52.5 Å². The highest BCUT2D eigenvalue weighted by molar-refractivity contribution is 5.70. The van der Waals surface area contributed by atoms with Crippen molar-refractivity contribution >= 4 is 11.3 Å². The van der Waals surface area contributed by atoms with Crippen molar-refractivity contribution in [3.8, 4) is 17.2 Å². The number of hydrogen-bond acceptors (Lipinski definition) is 3. The molecule has 0 unspecified atom stereocenters. The van der Waals surface area contributed by atoms with Crippen LogP contribution in [0.25, 0.3) is 11.3 Å². The maximum absolute atomic E-state index is 6.10. The number of aryl methyl sites for hydroxylation is 1. The Morgan fingerprint density at radius 1 is 0.897 bits per heavy atom. The number of rotatable bonds is 9. The maximum Gasteiger partial charge on any atom is 0.128 e. The molecule has 0 radical (unpaired) electrons. The Hall–Kier alpha value is -3.46. The first kappa shape index (κ1) is 20.3. The number of ether oxygens (including phenoxy) is 2. The standard InChI is InChI=1S/C26H27NO2/c1-19(13-14-21-9-6-5-7-10-21)25-18-24(15-16-26(25)28-4)29-23-12-8-11-22(17-23)20(2)27-3/h5-12,15-18,27H,1-2,13-14H2,3-4H3. The fraction of sp³-hybridized carbons (Fsp3) is 0.154. The van der Waals surface area contributed by atoms with Crippen molar-refractivity contribution in [3.63, 3.8) is 0 Å². The molecule has 3 heteroatoms. The van der Waals surface area contributed by atoms with Gasteiger partial charge in [0, 0.05) is 23.9 Å². The molecule has 0 saturated heterocycles. The molecule has 3 aromatic rings. The fourth-order valence-corrected chi connectivity index (χ4v) is 3.13. The molecular formula is C26H27NO2. The summed E-state index contributed by atoms with van der Waals surface area (Å²) in [6.45, 7) is 8.29. The van der Waals surface area contributed by atoms with E-state index in [2.05, 4.69) is 42.7 Å². The first-order chi connectivity index (χ1) is 14.1. The second-order valence-electron chi connectivity index (χ2n) is 6.81. The van der Waals surface area contributed by atoms with Crippen molar-refractivity contribution in [1.29, 1.82) is 0 Å². The van der Waals surface area contributed by atoms with Crippen LogP contribution in [0.2, 0.25) is 0 Å². The predicted octanol–water partition coefficient (Wildman–Crippen LogP) is 6.32. The molecular weight excluding hydrogens is 358 g/mol. The lowest BCUT2D eigenvalue weighted by molar-refractivity contribution is 0.411. The Morgan fingerprint density at radius 2 is 1.66 bits per heavy atom. The molecule has 0 amide bonds. The van der Waals surface area contributed by atoms with E-state index in [4.69, 9.17) is 9.47 Å². The van der Waals surface area contributed by atoms with Crippen molar-refractivity contribution in [2.75, 3.05) is 14.2 Å². The van der Waals surface area contributed by atoms with Gasteiger partial charge in [-0.2, -0.15) is 0 Å². The highest BCUT2D eigenvalue weighted by atomic mass is 16.5. The summed E-state index contributed by atoms with van der Waals surface area (Å²) in [5, 5.41) is 3.06. The minimum absolute atomic E-state index is 0.744. The molecule has 1 N–H and O–H groups in total. The van der Waals surface area contributed by atoms with Crippen LogP contribution in [-0.4, -0.2) is 14.2 Å². The van der Waals surface area contributed by atoms with Gasteiger partial charge in [0.15, 0.2) is 0 Å². The third-order valence-electron chi connectivity index (χ3n) is 4.83. The summed E-state index contributed by atoms with van der Waals surface area (Å²) in [7, 11) is 3.53. The lowest BCUT2D eigenvalue weighted by Gasteiger charge is -2.14. The quantitative estimate of drug-likeness (QED) is 0.467. The zero-order valence-corrected chi connectivity index (χ0v) is 17.1. The monoisotopic (exact) mass is 385 g/mol. The van der Waals surface area contributed by atoms with Gasteiger partial charge in [0.1, 0.15) is 17.2 Å². The topological polar surface area (TPSA) is 30.5 Å². The van der Waals surface area contributed by atoms with E-state index >= 15 is 0 Å². The van der Waals surface area contributed by atoms with Gasteiger partial charge in [-0.05, 0) is 54.3 Å². The minimum Gasteiger partial charge on any atom is -0.496 e. The molecule has 0 heterocycles. The van der Waals surface area contributed by atoms with E-state index in [-0.39, 0.29) is 0 Å². The second-order valence-corrected chi connectivity index (χ2v) is 6.81. The van der Waals surface area contributed by atoms with Crippen LogP contribution in [0.15, 0.2) is 86.0 Å². The Bertz CT molecular complexity index is 993. The van der Waals surface area contributed by atoms with Gasteiger partial charge in [-0.3, -0.25) is 0 Å². The zero-order valence-electron chi connectivity index (χ0n) is 17.1. The zero-order chi connectivity index (χ0) is 20.6. The largest absolute Gasteiger partial charge is 0.496 e.